The summed E-state index contributed by atoms with van der Waals surface area (Å²) in [5, 5.41) is 18.8. The number of aliphatic hydroxyl groups excluding tert-OH is 1. The Kier molecular flexibility index (Phi) is 12.4. The van der Waals surface area contributed by atoms with Gasteiger partial charge in [-0.05, 0) is 41.5 Å². The van der Waals surface area contributed by atoms with Crippen LogP contribution in [0.1, 0.15) is 38.3 Å². The van der Waals surface area contributed by atoms with E-state index in [1.54, 1.807) is 11.2 Å². The van der Waals surface area contributed by atoms with Gasteiger partial charge in [0.05, 0.1) is 44.1 Å². The summed E-state index contributed by atoms with van der Waals surface area (Å²) in [5.74, 6) is -0.538. The first-order valence-electron chi connectivity index (χ1n) is 16.8. The second kappa shape index (κ2) is 16.9. The third kappa shape index (κ3) is 10.0. The standard InChI is InChI=1S/C37H47N5O8/c1-37(2,3)32(40-35(45)47-4)33(44)41-42(21-25-13-15-26(16-14-25)28-12-8-9-18-38-28)22-30(43)29(20-24-10-6-5-7-11-24)39-36(46)50-31-23-49-34-27(31)17-19-48-34/h5-16,18,27,29-32,34,43H,17,19-23H2,1-4H3,(H,39,46)(H,40,45)(H,41,44). The Morgan fingerprint density at radius 1 is 0.960 bits per heavy atom. The zero-order valence-corrected chi connectivity index (χ0v) is 28.9. The van der Waals surface area contributed by atoms with Gasteiger partial charge in [0.25, 0.3) is 5.91 Å². The van der Waals surface area contributed by atoms with Gasteiger partial charge in [0.2, 0.25) is 0 Å². The second-order valence-electron chi connectivity index (χ2n) is 13.7. The van der Waals surface area contributed by atoms with Crippen LogP contribution < -0.4 is 16.1 Å². The van der Waals surface area contributed by atoms with Crippen LogP contribution in [0.2, 0.25) is 0 Å². The van der Waals surface area contributed by atoms with Crippen molar-refractivity contribution < 1.29 is 38.4 Å². The molecule has 6 unspecified atom stereocenters. The van der Waals surface area contributed by atoms with Gasteiger partial charge in [-0.3, -0.25) is 15.2 Å². The monoisotopic (exact) mass is 689 g/mol. The van der Waals surface area contributed by atoms with Crippen LogP contribution in [0.4, 0.5) is 9.59 Å². The maximum atomic E-state index is 13.8. The Bertz CT molecular complexity index is 1550. The molecule has 1 aromatic heterocycles. The van der Waals surface area contributed by atoms with E-state index >= 15 is 0 Å². The number of alkyl carbamates (subject to hydrolysis) is 2. The van der Waals surface area contributed by atoms with Gasteiger partial charge >= 0.3 is 12.2 Å². The molecule has 2 fully saturated rings. The van der Waals surface area contributed by atoms with Crippen LogP contribution in [-0.4, -0.2) is 90.6 Å². The SMILES string of the molecule is COC(=O)NC(C(=O)NN(Cc1ccc(-c2ccccn2)cc1)CC(O)C(Cc1ccccc1)NC(=O)OC1COC2OCCC12)C(C)(C)C. The minimum Gasteiger partial charge on any atom is -0.453 e. The summed E-state index contributed by atoms with van der Waals surface area (Å²) >= 11 is 0. The number of aromatic nitrogens is 1. The van der Waals surface area contributed by atoms with Crippen LogP contribution in [0.5, 0.6) is 0 Å². The number of ether oxygens (including phenoxy) is 4. The summed E-state index contributed by atoms with van der Waals surface area (Å²) in [7, 11) is 1.23. The number of nitrogens with one attached hydrogen (secondary N) is 3. The van der Waals surface area contributed by atoms with Crippen molar-refractivity contribution in [3.05, 3.63) is 90.1 Å². The van der Waals surface area contributed by atoms with E-state index in [0.29, 0.717) is 13.0 Å². The molecule has 0 spiro atoms. The topological polar surface area (TPSA) is 161 Å². The summed E-state index contributed by atoms with van der Waals surface area (Å²) in [6.45, 7) is 6.38. The van der Waals surface area contributed by atoms with Crippen molar-refractivity contribution in [1.29, 1.82) is 0 Å². The summed E-state index contributed by atoms with van der Waals surface area (Å²) in [6, 6.07) is 21.1. The molecule has 0 aliphatic carbocycles. The number of hydrogen-bond acceptors (Lipinski definition) is 10. The molecule has 5 rings (SSSR count). The molecule has 3 aromatic rings. The molecule has 0 saturated carbocycles. The normalized spacial score (nSPS) is 20.3. The summed E-state index contributed by atoms with van der Waals surface area (Å²) in [6.07, 6.45) is -0.670. The van der Waals surface area contributed by atoms with Gasteiger partial charge in [-0.15, -0.1) is 0 Å². The predicted molar refractivity (Wildman–Crippen MR) is 184 cm³/mol. The number of carbonyl (C=O) groups is 3. The number of amides is 3. The van der Waals surface area contributed by atoms with Crippen LogP contribution in [0.15, 0.2) is 79.0 Å². The lowest BCUT2D eigenvalue weighted by molar-refractivity contribution is -0.131. The average molecular weight is 690 g/mol. The predicted octanol–water partition coefficient (Wildman–Crippen LogP) is 3.81. The fraction of sp³-hybridized carbons (Fsp3) is 0.459. The fourth-order valence-electron chi connectivity index (χ4n) is 6.13. The molecule has 2 aromatic carbocycles. The zero-order chi connectivity index (χ0) is 35.7. The second-order valence-corrected chi connectivity index (χ2v) is 13.7. The van der Waals surface area contributed by atoms with E-state index in [2.05, 4.69) is 21.0 Å². The van der Waals surface area contributed by atoms with E-state index in [4.69, 9.17) is 18.9 Å². The summed E-state index contributed by atoms with van der Waals surface area (Å²) < 4.78 is 21.7. The van der Waals surface area contributed by atoms with Gasteiger partial charge in [-0.1, -0.05) is 81.4 Å². The van der Waals surface area contributed by atoms with Crippen LogP contribution in [-0.2, 0) is 36.7 Å². The van der Waals surface area contributed by atoms with Gasteiger partial charge in [-0.25, -0.2) is 14.6 Å². The highest BCUT2D eigenvalue weighted by Gasteiger charge is 2.44. The largest absolute Gasteiger partial charge is 0.453 e. The molecular weight excluding hydrogens is 642 g/mol. The van der Waals surface area contributed by atoms with Crippen molar-refractivity contribution in [3.63, 3.8) is 0 Å². The Morgan fingerprint density at radius 2 is 1.70 bits per heavy atom. The lowest BCUT2D eigenvalue weighted by Gasteiger charge is -2.34. The maximum absolute atomic E-state index is 13.8. The van der Waals surface area contributed by atoms with Crippen LogP contribution in [0, 0.1) is 11.3 Å². The number of fused-ring (bicyclic) bond motifs is 1. The molecule has 2 saturated heterocycles. The molecule has 4 N–H and O–H groups in total. The Labute approximate surface area is 292 Å². The third-order valence-corrected chi connectivity index (χ3v) is 8.85. The number of pyridine rings is 1. The number of rotatable bonds is 13. The highest BCUT2D eigenvalue weighted by molar-refractivity contribution is 5.86. The highest BCUT2D eigenvalue weighted by Crippen LogP contribution is 2.33. The first-order valence-corrected chi connectivity index (χ1v) is 16.8. The molecule has 2 aliphatic rings. The van der Waals surface area contributed by atoms with E-state index in [1.807, 2.05) is 93.6 Å². The molecule has 3 amide bonds. The van der Waals surface area contributed by atoms with Crippen LogP contribution in [0.25, 0.3) is 11.3 Å². The fourth-order valence-corrected chi connectivity index (χ4v) is 6.13. The lowest BCUT2D eigenvalue weighted by atomic mass is 9.86. The van der Waals surface area contributed by atoms with Crippen molar-refractivity contribution in [2.24, 2.45) is 11.3 Å². The molecule has 2 aliphatic heterocycles. The molecule has 13 heteroatoms. The molecule has 3 heterocycles. The lowest BCUT2D eigenvalue weighted by Crippen LogP contribution is -2.59. The van der Waals surface area contributed by atoms with Gasteiger partial charge < -0.3 is 34.7 Å². The van der Waals surface area contributed by atoms with E-state index in [9.17, 15) is 19.5 Å². The number of carbonyl (C=O) groups excluding carboxylic acids is 3. The third-order valence-electron chi connectivity index (χ3n) is 8.85. The quantitative estimate of drug-likeness (QED) is 0.194. The number of aliphatic hydroxyl groups is 1. The smallest absolute Gasteiger partial charge is 0.407 e. The zero-order valence-electron chi connectivity index (χ0n) is 28.9. The number of hydrazine groups is 1. The Balaban J connectivity index is 1.35. The molecule has 268 valence electrons. The molecule has 0 radical (unpaired) electrons. The van der Waals surface area contributed by atoms with Crippen molar-refractivity contribution >= 4 is 18.1 Å². The number of nitrogens with zero attached hydrogens (tertiary/aromatic N) is 2. The minimum absolute atomic E-state index is 0.0395. The average Bonchev–Trinajstić information content (AvgIpc) is 3.72. The van der Waals surface area contributed by atoms with E-state index in [0.717, 1.165) is 28.8 Å². The molecular formula is C37H47N5O8. The summed E-state index contributed by atoms with van der Waals surface area (Å²) in [5.41, 5.74) is 5.71. The first kappa shape index (κ1) is 36.7. The highest BCUT2D eigenvalue weighted by atomic mass is 16.7. The molecule has 13 nitrogen and oxygen atoms in total. The van der Waals surface area contributed by atoms with E-state index in [-0.39, 0.29) is 31.9 Å². The Hall–Kier alpha value is -4.56. The van der Waals surface area contributed by atoms with Crippen molar-refractivity contribution in [1.82, 2.24) is 26.1 Å². The van der Waals surface area contributed by atoms with E-state index < -0.39 is 47.8 Å². The number of hydrogen-bond donors (Lipinski definition) is 4. The van der Waals surface area contributed by atoms with Gasteiger partial charge in [0.15, 0.2) is 6.29 Å². The number of benzene rings is 2. The Morgan fingerprint density at radius 3 is 2.38 bits per heavy atom. The maximum Gasteiger partial charge on any atom is 0.407 e. The number of methoxy groups -OCH3 is 1. The van der Waals surface area contributed by atoms with Crippen molar-refractivity contribution in [2.75, 3.05) is 26.9 Å². The van der Waals surface area contributed by atoms with Crippen molar-refractivity contribution in [2.45, 2.75) is 70.7 Å². The summed E-state index contributed by atoms with van der Waals surface area (Å²) in [4.78, 5) is 43.6. The minimum atomic E-state index is -1.17. The van der Waals surface area contributed by atoms with Gasteiger partial charge in [0.1, 0.15) is 12.1 Å². The molecule has 50 heavy (non-hydrogen) atoms. The van der Waals surface area contributed by atoms with Crippen LogP contribution in [0.3, 0.4) is 0 Å². The van der Waals surface area contributed by atoms with Crippen molar-refractivity contribution in [3.8, 4) is 11.3 Å². The van der Waals surface area contributed by atoms with Gasteiger partial charge in [-0.2, -0.15) is 0 Å². The van der Waals surface area contributed by atoms with Crippen LogP contribution >= 0.6 is 0 Å². The van der Waals surface area contributed by atoms with E-state index in [1.165, 1.54) is 7.11 Å². The van der Waals surface area contributed by atoms with Gasteiger partial charge in [0, 0.05) is 24.8 Å². The first-order chi connectivity index (χ1) is 24.0. The molecule has 6 atom stereocenters. The molecule has 0 bridgehead atoms.